The maximum absolute atomic E-state index is 6.26. The second kappa shape index (κ2) is 7.37. The van der Waals surface area contributed by atoms with E-state index in [2.05, 4.69) is 60.5 Å². The molecule has 0 unspecified atom stereocenters. The van der Waals surface area contributed by atoms with Crippen LogP contribution in [0.5, 0.6) is 0 Å². The van der Waals surface area contributed by atoms with Gasteiger partial charge in [0.05, 0.1) is 5.39 Å². The van der Waals surface area contributed by atoms with Gasteiger partial charge in [-0.2, -0.15) is 4.98 Å². The highest BCUT2D eigenvalue weighted by Gasteiger charge is 2.23. The molecule has 140 valence electrons. The van der Waals surface area contributed by atoms with E-state index in [-0.39, 0.29) is 0 Å². The van der Waals surface area contributed by atoms with Gasteiger partial charge in [-0.25, -0.2) is 9.97 Å². The maximum Gasteiger partial charge on any atom is 0.225 e. The van der Waals surface area contributed by atoms with Crippen molar-refractivity contribution in [3.05, 3.63) is 65.4 Å². The van der Waals surface area contributed by atoms with E-state index in [0.717, 1.165) is 48.0 Å². The number of aromatic nitrogens is 3. The minimum absolute atomic E-state index is 0.302. The molecule has 0 atom stereocenters. The van der Waals surface area contributed by atoms with E-state index < -0.39 is 0 Å². The SMILES string of the molecule is Clc1nc(N2CCN(c3ccccn3)CC2)c2c(-c3ccccc3)csc2n1. The average molecular weight is 408 g/mol. The van der Waals surface area contributed by atoms with Gasteiger partial charge in [-0.1, -0.05) is 36.4 Å². The smallest absolute Gasteiger partial charge is 0.225 e. The molecule has 3 aromatic heterocycles. The van der Waals surface area contributed by atoms with Crippen molar-refractivity contribution >= 4 is 44.8 Å². The first-order valence-corrected chi connectivity index (χ1v) is 10.5. The summed E-state index contributed by atoms with van der Waals surface area (Å²) < 4.78 is 0. The summed E-state index contributed by atoms with van der Waals surface area (Å²) in [6, 6.07) is 16.4. The molecule has 1 saturated heterocycles. The summed E-state index contributed by atoms with van der Waals surface area (Å²) >= 11 is 7.88. The van der Waals surface area contributed by atoms with Crippen LogP contribution in [0.1, 0.15) is 0 Å². The predicted molar refractivity (Wildman–Crippen MR) is 117 cm³/mol. The Bertz CT molecular complexity index is 1090. The monoisotopic (exact) mass is 407 g/mol. The van der Waals surface area contributed by atoms with Crippen molar-refractivity contribution in [1.29, 1.82) is 0 Å². The molecule has 0 radical (unpaired) electrons. The van der Waals surface area contributed by atoms with Crippen LogP contribution in [-0.4, -0.2) is 41.1 Å². The van der Waals surface area contributed by atoms with Crippen molar-refractivity contribution in [3.8, 4) is 11.1 Å². The molecule has 0 spiro atoms. The zero-order valence-electron chi connectivity index (χ0n) is 15.1. The molecule has 0 saturated carbocycles. The molecule has 0 bridgehead atoms. The lowest BCUT2D eigenvalue weighted by atomic mass is 10.1. The second-order valence-corrected chi connectivity index (χ2v) is 7.87. The van der Waals surface area contributed by atoms with Crippen LogP contribution in [0.3, 0.4) is 0 Å². The van der Waals surface area contributed by atoms with Crippen molar-refractivity contribution in [2.75, 3.05) is 36.0 Å². The number of thiophene rings is 1. The molecule has 7 heteroatoms. The molecule has 5 nitrogen and oxygen atoms in total. The Kier molecular flexibility index (Phi) is 4.58. The van der Waals surface area contributed by atoms with Crippen molar-refractivity contribution in [1.82, 2.24) is 15.0 Å². The van der Waals surface area contributed by atoms with Crippen molar-refractivity contribution in [3.63, 3.8) is 0 Å². The predicted octanol–water partition coefficient (Wildman–Crippen LogP) is 4.73. The number of anilines is 2. The molecule has 4 heterocycles. The summed E-state index contributed by atoms with van der Waals surface area (Å²) in [4.78, 5) is 19.1. The molecule has 0 amide bonds. The Balaban J connectivity index is 1.50. The number of hydrogen-bond acceptors (Lipinski definition) is 6. The lowest BCUT2D eigenvalue weighted by Gasteiger charge is -2.36. The minimum atomic E-state index is 0.302. The zero-order chi connectivity index (χ0) is 18.9. The number of pyridine rings is 1. The number of piperazine rings is 1. The molecule has 1 aliphatic rings. The summed E-state index contributed by atoms with van der Waals surface area (Å²) in [7, 11) is 0. The maximum atomic E-state index is 6.26. The Labute approximate surface area is 172 Å². The third-order valence-corrected chi connectivity index (χ3v) is 6.07. The molecule has 28 heavy (non-hydrogen) atoms. The van der Waals surface area contributed by atoms with Gasteiger partial charge in [0, 0.05) is 43.3 Å². The molecule has 0 N–H and O–H groups in total. The molecule has 1 fully saturated rings. The highest BCUT2D eigenvalue weighted by atomic mass is 35.5. The van der Waals surface area contributed by atoms with E-state index in [1.54, 1.807) is 11.3 Å². The third kappa shape index (κ3) is 3.19. The largest absolute Gasteiger partial charge is 0.353 e. The van der Waals surface area contributed by atoms with Gasteiger partial charge in [0.25, 0.3) is 0 Å². The minimum Gasteiger partial charge on any atom is -0.353 e. The van der Waals surface area contributed by atoms with Crippen LogP contribution in [0.2, 0.25) is 5.28 Å². The molecular formula is C21H18ClN5S. The Hall–Kier alpha value is -2.70. The number of halogens is 1. The molecule has 0 aliphatic carbocycles. The van der Waals surface area contributed by atoms with Gasteiger partial charge in [0.1, 0.15) is 16.5 Å². The van der Waals surface area contributed by atoms with Crippen LogP contribution in [0.15, 0.2) is 60.1 Å². The lowest BCUT2D eigenvalue weighted by Crippen LogP contribution is -2.47. The van der Waals surface area contributed by atoms with E-state index in [0.29, 0.717) is 5.28 Å². The summed E-state index contributed by atoms with van der Waals surface area (Å²) in [6.45, 7) is 3.52. The fraction of sp³-hybridized carbons (Fsp3) is 0.190. The van der Waals surface area contributed by atoms with Crippen LogP contribution in [0.25, 0.3) is 21.3 Å². The van der Waals surface area contributed by atoms with Gasteiger partial charge in [-0.05, 0) is 29.3 Å². The quantitative estimate of drug-likeness (QED) is 0.459. The van der Waals surface area contributed by atoms with Crippen molar-refractivity contribution in [2.24, 2.45) is 0 Å². The highest BCUT2D eigenvalue weighted by molar-refractivity contribution is 7.17. The van der Waals surface area contributed by atoms with E-state index in [4.69, 9.17) is 11.6 Å². The summed E-state index contributed by atoms with van der Waals surface area (Å²) in [5, 5.41) is 3.54. The normalized spacial score (nSPS) is 14.6. The van der Waals surface area contributed by atoms with E-state index in [1.807, 2.05) is 24.4 Å². The van der Waals surface area contributed by atoms with Crippen LogP contribution in [-0.2, 0) is 0 Å². The number of benzene rings is 1. The van der Waals surface area contributed by atoms with E-state index in [1.165, 1.54) is 11.1 Å². The van der Waals surface area contributed by atoms with E-state index in [9.17, 15) is 0 Å². The molecule has 1 aromatic carbocycles. The molecular weight excluding hydrogens is 390 g/mol. The molecule has 4 aromatic rings. The lowest BCUT2D eigenvalue weighted by molar-refractivity contribution is 0.643. The van der Waals surface area contributed by atoms with Gasteiger partial charge >= 0.3 is 0 Å². The van der Waals surface area contributed by atoms with Crippen LogP contribution < -0.4 is 9.80 Å². The van der Waals surface area contributed by atoms with Crippen molar-refractivity contribution < 1.29 is 0 Å². The number of fused-ring (bicyclic) bond motifs is 1. The Morgan fingerprint density at radius 3 is 2.36 bits per heavy atom. The van der Waals surface area contributed by atoms with Gasteiger partial charge in [0.15, 0.2) is 0 Å². The van der Waals surface area contributed by atoms with Crippen LogP contribution in [0.4, 0.5) is 11.6 Å². The second-order valence-electron chi connectivity index (χ2n) is 6.67. The first-order valence-electron chi connectivity index (χ1n) is 9.21. The fourth-order valence-electron chi connectivity index (χ4n) is 3.65. The van der Waals surface area contributed by atoms with Gasteiger partial charge in [-0.3, -0.25) is 0 Å². The average Bonchev–Trinajstić information content (AvgIpc) is 3.18. The first kappa shape index (κ1) is 17.4. The van der Waals surface area contributed by atoms with E-state index >= 15 is 0 Å². The number of hydrogen-bond donors (Lipinski definition) is 0. The van der Waals surface area contributed by atoms with Crippen LogP contribution >= 0.6 is 22.9 Å². The molecule has 5 rings (SSSR count). The summed E-state index contributed by atoms with van der Waals surface area (Å²) in [6.07, 6.45) is 1.84. The van der Waals surface area contributed by atoms with Crippen LogP contribution in [0, 0.1) is 0 Å². The number of rotatable bonds is 3. The Morgan fingerprint density at radius 2 is 1.61 bits per heavy atom. The summed E-state index contributed by atoms with van der Waals surface area (Å²) in [5.74, 6) is 1.95. The summed E-state index contributed by atoms with van der Waals surface area (Å²) in [5.41, 5.74) is 2.34. The third-order valence-electron chi connectivity index (χ3n) is 5.02. The Morgan fingerprint density at radius 1 is 0.857 bits per heavy atom. The van der Waals surface area contributed by atoms with Crippen molar-refractivity contribution in [2.45, 2.75) is 0 Å². The van der Waals surface area contributed by atoms with Gasteiger partial charge < -0.3 is 9.80 Å². The molecule has 1 aliphatic heterocycles. The highest BCUT2D eigenvalue weighted by Crippen LogP contribution is 2.39. The number of nitrogens with zero attached hydrogens (tertiary/aromatic N) is 5. The van der Waals surface area contributed by atoms with Gasteiger partial charge in [-0.15, -0.1) is 11.3 Å². The fourth-order valence-corrected chi connectivity index (χ4v) is 4.80. The standard InChI is InChI=1S/C21H18ClN5S/c22-21-24-19(27-12-10-26(11-13-27)17-8-4-5-9-23-17)18-16(14-28-20(18)25-21)15-6-2-1-3-7-15/h1-9,14H,10-13H2. The zero-order valence-corrected chi connectivity index (χ0v) is 16.7. The van der Waals surface area contributed by atoms with Gasteiger partial charge in [0.2, 0.25) is 5.28 Å². The first-order chi connectivity index (χ1) is 13.8. The topological polar surface area (TPSA) is 45.2 Å².